The van der Waals surface area contributed by atoms with Gasteiger partial charge in [-0.3, -0.25) is 0 Å². The molecule has 33 heavy (non-hydrogen) atoms. The maximum Gasteiger partial charge on any atom is 0.125 e. The van der Waals surface area contributed by atoms with Crippen molar-refractivity contribution in [1.29, 1.82) is 0 Å². The molecule has 2 saturated carbocycles. The molecule has 3 aliphatic rings. The Kier molecular flexibility index (Phi) is 7.54. The molecule has 1 nitrogen and oxygen atoms in total. The Labute approximate surface area is 199 Å². The van der Waals surface area contributed by atoms with Crippen molar-refractivity contribution in [2.75, 3.05) is 6.61 Å². The molecule has 5 atom stereocenters. The third kappa shape index (κ3) is 5.01. The Hall–Kier alpha value is -2.19. The van der Waals surface area contributed by atoms with Gasteiger partial charge in [0.25, 0.3) is 0 Å². The SMILES string of the molecule is C=C1C(=CC=C2CCCC3(C)C(C(C)CC=CCO)=CCC23)CC(c2ccccc2)CC1F. The van der Waals surface area contributed by atoms with Crippen molar-refractivity contribution >= 4 is 0 Å². The van der Waals surface area contributed by atoms with Crippen molar-refractivity contribution in [3.8, 4) is 0 Å². The number of alkyl halides is 1. The van der Waals surface area contributed by atoms with E-state index in [1.807, 2.05) is 24.3 Å². The Morgan fingerprint density at radius 1 is 1.21 bits per heavy atom. The lowest BCUT2D eigenvalue weighted by atomic mass is 9.62. The molecule has 176 valence electrons. The number of aliphatic hydroxyl groups is 1. The third-order valence-corrected chi connectivity index (χ3v) is 8.42. The van der Waals surface area contributed by atoms with Gasteiger partial charge >= 0.3 is 0 Å². The van der Waals surface area contributed by atoms with Gasteiger partial charge in [-0.15, -0.1) is 0 Å². The molecule has 0 saturated heterocycles. The number of hydrogen-bond acceptors (Lipinski definition) is 1. The summed E-state index contributed by atoms with van der Waals surface area (Å²) >= 11 is 0. The summed E-state index contributed by atoms with van der Waals surface area (Å²) < 4.78 is 14.9. The molecule has 0 bridgehead atoms. The van der Waals surface area contributed by atoms with Crippen LogP contribution >= 0.6 is 0 Å². The Morgan fingerprint density at radius 3 is 2.76 bits per heavy atom. The van der Waals surface area contributed by atoms with Gasteiger partial charge in [0.2, 0.25) is 0 Å². The second kappa shape index (κ2) is 10.4. The highest BCUT2D eigenvalue weighted by atomic mass is 19.1. The van der Waals surface area contributed by atoms with Gasteiger partial charge in [0.15, 0.2) is 0 Å². The van der Waals surface area contributed by atoms with E-state index in [-0.39, 0.29) is 17.9 Å². The van der Waals surface area contributed by atoms with Crippen LogP contribution in [0.25, 0.3) is 0 Å². The molecule has 0 aromatic heterocycles. The van der Waals surface area contributed by atoms with Crippen molar-refractivity contribution in [3.63, 3.8) is 0 Å². The standard InChI is InChI=1S/C31H39FO/c1-22(10-7-8-19-33)28-16-17-29-25(13-9-18-31(28,29)3)14-15-26-20-27(21-30(32)23(26)2)24-11-5-4-6-12-24/h4-8,11-12,14-16,22,27,29-30,33H,2,9-10,13,17-21H2,1,3H3. The van der Waals surface area contributed by atoms with Gasteiger partial charge in [-0.2, -0.15) is 0 Å². The first kappa shape index (κ1) is 24.0. The van der Waals surface area contributed by atoms with Crippen molar-refractivity contribution in [1.82, 2.24) is 0 Å². The number of allylic oxidation sites excluding steroid dienone is 8. The van der Waals surface area contributed by atoms with Crippen molar-refractivity contribution < 1.29 is 9.50 Å². The number of aliphatic hydroxyl groups excluding tert-OH is 1. The van der Waals surface area contributed by atoms with Gasteiger partial charge in [0.05, 0.1) is 6.61 Å². The van der Waals surface area contributed by atoms with Gasteiger partial charge < -0.3 is 5.11 Å². The number of hydrogen-bond donors (Lipinski definition) is 1. The zero-order valence-corrected chi connectivity index (χ0v) is 20.3. The van der Waals surface area contributed by atoms with Crippen LogP contribution in [0.4, 0.5) is 4.39 Å². The molecule has 2 heteroatoms. The number of fused-ring (bicyclic) bond motifs is 1. The normalized spacial score (nSPS) is 33.5. The topological polar surface area (TPSA) is 20.2 Å². The van der Waals surface area contributed by atoms with E-state index < -0.39 is 6.17 Å². The molecular formula is C31H39FO. The summed E-state index contributed by atoms with van der Waals surface area (Å²) in [7, 11) is 0. The molecule has 4 rings (SSSR count). The molecule has 0 amide bonds. The van der Waals surface area contributed by atoms with Crippen LogP contribution in [0, 0.1) is 17.3 Å². The van der Waals surface area contributed by atoms with Crippen LogP contribution in [0.3, 0.4) is 0 Å². The van der Waals surface area contributed by atoms with Gasteiger partial charge in [-0.1, -0.05) is 92.3 Å². The van der Waals surface area contributed by atoms with Gasteiger partial charge in [0, 0.05) is 0 Å². The lowest BCUT2D eigenvalue weighted by molar-refractivity contribution is 0.218. The van der Waals surface area contributed by atoms with E-state index in [4.69, 9.17) is 5.11 Å². The fraction of sp³-hybridized carbons (Fsp3) is 0.484. The van der Waals surface area contributed by atoms with Crippen molar-refractivity contribution in [3.05, 3.63) is 95.1 Å². The van der Waals surface area contributed by atoms with E-state index in [0.717, 1.165) is 31.3 Å². The summed E-state index contributed by atoms with van der Waals surface area (Å²) in [6, 6.07) is 10.4. The minimum Gasteiger partial charge on any atom is -0.392 e. The first-order valence-electron chi connectivity index (χ1n) is 12.7. The summed E-state index contributed by atoms with van der Waals surface area (Å²) in [4.78, 5) is 0. The summed E-state index contributed by atoms with van der Waals surface area (Å²) in [5, 5.41) is 9.06. The molecule has 5 unspecified atom stereocenters. The fourth-order valence-electron chi connectivity index (χ4n) is 6.55. The third-order valence-electron chi connectivity index (χ3n) is 8.42. The maximum atomic E-state index is 14.9. The largest absolute Gasteiger partial charge is 0.392 e. The van der Waals surface area contributed by atoms with Gasteiger partial charge in [0.1, 0.15) is 6.17 Å². The highest BCUT2D eigenvalue weighted by molar-refractivity contribution is 5.42. The Bertz CT molecular complexity index is 966. The fourth-order valence-corrected chi connectivity index (χ4v) is 6.55. The van der Waals surface area contributed by atoms with Crippen molar-refractivity contribution in [2.45, 2.75) is 70.9 Å². The number of benzene rings is 1. The molecule has 0 aliphatic heterocycles. The zero-order valence-electron chi connectivity index (χ0n) is 20.3. The van der Waals surface area contributed by atoms with Crippen LogP contribution in [0.2, 0.25) is 0 Å². The average Bonchev–Trinajstić information content (AvgIpc) is 3.18. The van der Waals surface area contributed by atoms with E-state index in [0.29, 0.717) is 23.8 Å². The Morgan fingerprint density at radius 2 is 2.00 bits per heavy atom. The monoisotopic (exact) mass is 446 g/mol. The lowest BCUT2D eigenvalue weighted by Gasteiger charge is -2.42. The highest BCUT2D eigenvalue weighted by Crippen LogP contribution is 2.57. The van der Waals surface area contributed by atoms with E-state index in [1.165, 1.54) is 24.0 Å². The minimum atomic E-state index is -0.960. The van der Waals surface area contributed by atoms with Crippen LogP contribution in [0.15, 0.2) is 89.6 Å². The molecule has 1 N–H and O–H groups in total. The predicted octanol–water partition coefficient (Wildman–Crippen LogP) is 8.02. The zero-order chi connectivity index (χ0) is 23.4. The van der Waals surface area contributed by atoms with Crippen molar-refractivity contribution in [2.24, 2.45) is 17.3 Å². The molecule has 2 fully saturated rings. The average molecular weight is 447 g/mol. The van der Waals surface area contributed by atoms with Crippen LogP contribution in [0.1, 0.15) is 70.3 Å². The molecule has 0 radical (unpaired) electrons. The van der Waals surface area contributed by atoms with E-state index in [1.54, 1.807) is 5.57 Å². The summed E-state index contributed by atoms with van der Waals surface area (Å²) in [5.74, 6) is 1.27. The van der Waals surface area contributed by atoms with Gasteiger partial charge in [-0.25, -0.2) is 4.39 Å². The molecule has 3 aliphatic carbocycles. The summed E-state index contributed by atoms with van der Waals surface area (Å²) in [6.07, 6.45) is 17.1. The maximum absolute atomic E-state index is 14.9. The molecule has 0 heterocycles. The minimum absolute atomic E-state index is 0.114. The van der Waals surface area contributed by atoms with E-state index >= 15 is 0 Å². The smallest absolute Gasteiger partial charge is 0.125 e. The van der Waals surface area contributed by atoms with Gasteiger partial charge in [-0.05, 0) is 84.8 Å². The molecule has 0 spiro atoms. The molecular weight excluding hydrogens is 407 g/mol. The van der Waals surface area contributed by atoms with Crippen LogP contribution in [-0.4, -0.2) is 17.9 Å². The summed E-state index contributed by atoms with van der Waals surface area (Å²) in [5.41, 5.74) is 6.30. The first-order chi connectivity index (χ1) is 15.9. The van der Waals surface area contributed by atoms with E-state index in [2.05, 4.69) is 56.9 Å². The second-order valence-corrected chi connectivity index (χ2v) is 10.5. The van der Waals surface area contributed by atoms with Crippen LogP contribution < -0.4 is 0 Å². The predicted molar refractivity (Wildman–Crippen MR) is 137 cm³/mol. The molecule has 1 aromatic carbocycles. The van der Waals surface area contributed by atoms with Crippen LogP contribution in [0.5, 0.6) is 0 Å². The van der Waals surface area contributed by atoms with Crippen LogP contribution in [-0.2, 0) is 0 Å². The number of halogens is 1. The first-order valence-corrected chi connectivity index (χ1v) is 12.7. The number of rotatable bonds is 6. The highest BCUT2D eigenvalue weighted by Gasteiger charge is 2.45. The molecule has 1 aromatic rings. The second-order valence-electron chi connectivity index (χ2n) is 10.5. The lowest BCUT2D eigenvalue weighted by Crippen LogP contribution is -2.32. The Balaban J connectivity index is 1.53. The van der Waals surface area contributed by atoms with E-state index in [9.17, 15) is 4.39 Å². The quantitative estimate of drug-likeness (QED) is 0.439. The summed E-state index contributed by atoms with van der Waals surface area (Å²) in [6.45, 7) is 8.99.